The van der Waals surface area contributed by atoms with Crippen molar-refractivity contribution < 1.29 is 4.39 Å². The predicted octanol–water partition coefficient (Wildman–Crippen LogP) is 5.37. The van der Waals surface area contributed by atoms with E-state index in [4.69, 9.17) is 16.7 Å². The van der Waals surface area contributed by atoms with Gasteiger partial charge in [-0.15, -0.1) is 11.3 Å². The fourth-order valence-corrected chi connectivity index (χ4v) is 6.14. The third-order valence-electron chi connectivity index (χ3n) is 6.77. The third kappa shape index (κ3) is 4.23. The molecule has 4 heterocycles. The Morgan fingerprint density at radius 1 is 1.17 bits per heavy atom. The molecule has 35 heavy (non-hydrogen) atoms. The number of nitrogens with zero attached hydrogens (tertiary/aromatic N) is 6. The Hall–Kier alpha value is -2.85. The van der Waals surface area contributed by atoms with Crippen LogP contribution in [0.25, 0.3) is 31.2 Å². The fourth-order valence-electron chi connectivity index (χ4n) is 4.81. The van der Waals surface area contributed by atoms with E-state index in [9.17, 15) is 4.39 Å². The van der Waals surface area contributed by atoms with Crippen molar-refractivity contribution in [1.29, 1.82) is 0 Å². The lowest BCUT2D eigenvalue weighted by Crippen LogP contribution is -2.32. The number of aromatic nitrogens is 4. The molecule has 0 aliphatic carbocycles. The lowest BCUT2D eigenvalue weighted by molar-refractivity contribution is 0.261. The van der Waals surface area contributed by atoms with E-state index in [0.717, 1.165) is 57.4 Å². The van der Waals surface area contributed by atoms with Gasteiger partial charge in [-0.25, -0.2) is 14.4 Å². The van der Waals surface area contributed by atoms with Crippen molar-refractivity contribution in [2.75, 3.05) is 39.0 Å². The van der Waals surface area contributed by atoms with E-state index in [2.05, 4.69) is 62.2 Å². The van der Waals surface area contributed by atoms with Crippen molar-refractivity contribution in [3.8, 4) is 0 Å². The maximum Gasteiger partial charge on any atom is 0.143 e. The van der Waals surface area contributed by atoms with Gasteiger partial charge in [0.25, 0.3) is 0 Å². The van der Waals surface area contributed by atoms with E-state index < -0.39 is 5.82 Å². The second-order valence-corrected chi connectivity index (χ2v) is 10.6. The molecule has 10 heteroatoms. The van der Waals surface area contributed by atoms with Crippen LogP contribution < -0.4 is 5.32 Å². The molecule has 180 valence electrons. The molecule has 1 atom stereocenters. The van der Waals surface area contributed by atoms with Gasteiger partial charge < -0.3 is 10.2 Å². The summed E-state index contributed by atoms with van der Waals surface area (Å²) in [6.07, 6.45) is 4.91. The number of nitrogens with one attached hydrogen (secondary N) is 1. The van der Waals surface area contributed by atoms with Gasteiger partial charge in [0.15, 0.2) is 0 Å². The van der Waals surface area contributed by atoms with E-state index in [1.54, 1.807) is 29.8 Å². The Balaban J connectivity index is 1.31. The summed E-state index contributed by atoms with van der Waals surface area (Å²) in [7, 11) is 4.31. The van der Waals surface area contributed by atoms with Gasteiger partial charge in [-0.3, -0.25) is 9.58 Å². The van der Waals surface area contributed by atoms with Crippen LogP contribution in [0.5, 0.6) is 0 Å². The lowest BCUT2D eigenvalue weighted by atomic mass is 10.1. The maximum atomic E-state index is 13.6. The highest BCUT2D eigenvalue weighted by Gasteiger charge is 2.23. The zero-order valence-corrected chi connectivity index (χ0v) is 21.1. The van der Waals surface area contributed by atoms with Crippen molar-refractivity contribution in [2.24, 2.45) is 0 Å². The van der Waals surface area contributed by atoms with Gasteiger partial charge in [0.1, 0.15) is 22.8 Å². The lowest BCUT2D eigenvalue weighted by Gasteiger charge is -2.20. The van der Waals surface area contributed by atoms with Gasteiger partial charge in [-0.1, -0.05) is 17.7 Å². The highest BCUT2D eigenvalue weighted by atomic mass is 35.5. The molecule has 3 aromatic heterocycles. The average Bonchev–Trinajstić information content (AvgIpc) is 3.56. The monoisotopic (exact) mass is 509 g/mol. The molecule has 2 aromatic carbocycles. The standard InChI is InChI=1S/C25H25ClFN7S/c1-32(2)16-7-8-33(12-16)9-10-34-13-18-21(31-34)6-4-17-22-24(28-14-29-25(22)35-23(17)18)30-15-3-5-20(27)19(26)11-15/h3-6,11,13-14,16H,7-10,12H2,1-2H3,(H,28,29,30). The van der Waals surface area contributed by atoms with E-state index in [1.165, 1.54) is 12.5 Å². The summed E-state index contributed by atoms with van der Waals surface area (Å²) >= 11 is 7.60. The second kappa shape index (κ2) is 8.98. The largest absolute Gasteiger partial charge is 0.340 e. The number of rotatable bonds is 6. The average molecular weight is 510 g/mol. The molecule has 1 aliphatic heterocycles. The van der Waals surface area contributed by atoms with Crippen LogP contribution in [0.3, 0.4) is 0 Å². The van der Waals surface area contributed by atoms with Crippen LogP contribution in [0.4, 0.5) is 15.9 Å². The fraction of sp³-hybridized carbons (Fsp3) is 0.320. The SMILES string of the molecule is CN(C)C1CCN(CCn2cc3c(ccc4c3sc3ncnc(Nc5ccc(F)c(Cl)c5)c34)n2)C1. The van der Waals surface area contributed by atoms with Crippen LogP contribution in [0.1, 0.15) is 6.42 Å². The van der Waals surface area contributed by atoms with Gasteiger partial charge in [0.05, 0.1) is 22.5 Å². The number of fused-ring (bicyclic) bond motifs is 5. The van der Waals surface area contributed by atoms with Gasteiger partial charge in [0.2, 0.25) is 0 Å². The normalized spacial score (nSPS) is 16.9. The summed E-state index contributed by atoms with van der Waals surface area (Å²) in [4.78, 5) is 14.7. The van der Waals surface area contributed by atoms with E-state index in [0.29, 0.717) is 17.5 Å². The molecule has 0 bridgehead atoms. The minimum absolute atomic E-state index is 0.0655. The zero-order chi connectivity index (χ0) is 24.1. The summed E-state index contributed by atoms with van der Waals surface area (Å²) in [6, 6.07) is 9.33. The molecule has 1 unspecified atom stereocenters. The quantitative estimate of drug-likeness (QED) is 0.332. The molecule has 5 aromatic rings. The molecule has 0 spiro atoms. The summed E-state index contributed by atoms with van der Waals surface area (Å²) in [5.74, 6) is 0.216. The predicted molar refractivity (Wildman–Crippen MR) is 141 cm³/mol. The third-order valence-corrected chi connectivity index (χ3v) is 8.21. The highest BCUT2D eigenvalue weighted by Crippen LogP contribution is 2.40. The van der Waals surface area contributed by atoms with E-state index in [-0.39, 0.29) is 5.02 Å². The first-order valence-electron chi connectivity index (χ1n) is 11.6. The van der Waals surface area contributed by atoms with Crippen molar-refractivity contribution in [1.82, 2.24) is 29.5 Å². The first kappa shape index (κ1) is 22.6. The molecule has 1 N–H and O–H groups in total. The van der Waals surface area contributed by atoms with Gasteiger partial charge in [-0.05, 0) is 51.3 Å². The molecule has 0 amide bonds. The number of benzene rings is 2. The summed E-state index contributed by atoms with van der Waals surface area (Å²) in [5, 5.41) is 11.3. The second-order valence-electron chi connectivity index (χ2n) is 9.23. The summed E-state index contributed by atoms with van der Waals surface area (Å²) in [6.45, 7) is 4.10. The Morgan fingerprint density at radius 3 is 2.86 bits per heavy atom. The molecular weight excluding hydrogens is 485 g/mol. The number of halogens is 2. The molecule has 7 nitrogen and oxygen atoms in total. The topological polar surface area (TPSA) is 62.1 Å². The number of hydrogen-bond acceptors (Lipinski definition) is 7. The number of likely N-dealkylation sites (N-methyl/N-ethyl adjacent to an activating group) is 1. The van der Waals surface area contributed by atoms with Crippen LogP contribution in [0, 0.1) is 5.82 Å². The van der Waals surface area contributed by atoms with Gasteiger partial charge >= 0.3 is 0 Å². The van der Waals surface area contributed by atoms with Crippen molar-refractivity contribution in [3.63, 3.8) is 0 Å². The van der Waals surface area contributed by atoms with E-state index >= 15 is 0 Å². The van der Waals surface area contributed by atoms with Crippen molar-refractivity contribution in [3.05, 3.63) is 53.7 Å². The zero-order valence-electron chi connectivity index (χ0n) is 19.5. The maximum absolute atomic E-state index is 13.6. The molecular formula is C25H25ClFN7S. The minimum Gasteiger partial charge on any atom is -0.340 e. The summed E-state index contributed by atoms with van der Waals surface area (Å²) < 4.78 is 16.8. The Morgan fingerprint density at radius 2 is 2.06 bits per heavy atom. The van der Waals surface area contributed by atoms with Crippen LogP contribution in [-0.2, 0) is 6.54 Å². The Bertz CT molecular complexity index is 1550. The van der Waals surface area contributed by atoms with Gasteiger partial charge in [-0.2, -0.15) is 5.10 Å². The smallest absolute Gasteiger partial charge is 0.143 e. The number of anilines is 2. The number of thiophene rings is 1. The first-order chi connectivity index (χ1) is 17.0. The van der Waals surface area contributed by atoms with Crippen LogP contribution >= 0.6 is 22.9 Å². The Kier molecular flexibility index (Phi) is 5.80. The molecule has 0 radical (unpaired) electrons. The number of likely N-dealkylation sites (tertiary alicyclic amines) is 1. The molecule has 1 saturated heterocycles. The van der Waals surface area contributed by atoms with E-state index in [1.807, 2.05) is 0 Å². The molecule has 1 fully saturated rings. The van der Waals surface area contributed by atoms with Crippen LogP contribution in [0.2, 0.25) is 5.02 Å². The Labute approximate surface area is 211 Å². The van der Waals surface area contributed by atoms with Crippen molar-refractivity contribution >= 4 is 65.6 Å². The first-order valence-corrected chi connectivity index (χ1v) is 12.8. The van der Waals surface area contributed by atoms with Crippen LogP contribution in [-0.4, -0.2) is 69.3 Å². The van der Waals surface area contributed by atoms with Gasteiger partial charge in [0, 0.05) is 46.5 Å². The summed E-state index contributed by atoms with van der Waals surface area (Å²) in [5.41, 5.74) is 1.65. The molecule has 0 saturated carbocycles. The highest BCUT2D eigenvalue weighted by molar-refractivity contribution is 7.26. The van der Waals surface area contributed by atoms with Crippen LogP contribution in [0.15, 0.2) is 42.9 Å². The molecule has 1 aliphatic rings. The number of hydrogen-bond donors (Lipinski definition) is 1. The minimum atomic E-state index is -0.451. The van der Waals surface area contributed by atoms with Crippen molar-refractivity contribution in [2.45, 2.75) is 19.0 Å². The molecule has 6 rings (SSSR count).